The minimum absolute atomic E-state index is 0.0106. The summed E-state index contributed by atoms with van der Waals surface area (Å²) in [6, 6.07) is 17.5. The van der Waals surface area contributed by atoms with Gasteiger partial charge in [-0.15, -0.1) is 0 Å². The number of halogens is 1. The number of aromatic nitrogens is 2. The molecule has 9 nitrogen and oxygen atoms in total. The summed E-state index contributed by atoms with van der Waals surface area (Å²) in [6.07, 6.45) is 3.08. The minimum atomic E-state index is -0.560. The highest BCUT2D eigenvalue weighted by Crippen LogP contribution is 2.32. The lowest BCUT2D eigenvalue weighted by Crippen LogP contribution is -2.34. The largest absolute Gasteiger partial charge is 0.366 e. The van der Waals surface area contributed by atoms with Gasteiger partial charge in [0.1, 0.15) is 11.5 Å². The maximum absolute atomic E-state index is 12.9. The average Bonchev–Trinajstić information content (AvgIpc) is 3.34. The van der Waals surface area contributed by atoms with E-state index in [0.29, 0.717) is 22.2 Å². The van der Waals surface area contributed by atoms with Crippen LogP contribution >= 0.6 is 23.8 Å². The zero-order valence-electron chi connectivity index (χ0n) is 19.7. The quantitative estimate of drug-likeness (QED) is 0.165. The minimum Gasteiger partial charge on any atom is -0.366 e. The molecule has 5 rings (SSSR count). The van der Waals surface area contributed by atoms with E-state index in [1.54, 1.807) is 24.3 Å². The summed E-state index contributed by atoms with van der Waals surface area (Å²) >= 11 is 11.7. The van der Waals surface area contributed by atoms with Crippen molar-refractivity contribution in [2.45, 2.75) is 19.3 Å². The van der Waals surface area contributed by atoms with Crippen LogP contribution in [0, 0.1) is 10.1 Å². The van der Waals surface area contributed by atoms with Gasteiger partial charge in [-0.25, -0.2) is 4.98 Å². The van der Waals surface area contributed by atoms with Gasteiger partial charge in [0.15, 0.2) is 5.11 Å². The zero-order chi connectivity index (χ0) is 25.9. The molecule has 1 fully saturated rings. The molecule has 4 aromatic rings. The van der Waals surface area contributed by atoms with Crippen LogP contribution in [0.5, 0.6) is 0 Å². The molecule has 11 heteroatoms. The van der Waals surface area contributed by atoms with E-state index in [9.17, 15) is 14.9 Å². The summed E-state index contributed by atoms with van der Waals surface area (Å²) in [5.74, 6) is 0.104. The molecule has 0 saturated carbocycles. The predicted octanol–water partition coefficient (Wildman–Crippen LogP) is 5.91. The number of nitrogens with one attached hydrogen (secondary N) is 3. The molecule has 0 spiro atoms. The highest BCUT2D eigenvalue weighted by molar-refractivity contribution is 7.80. The molecule has 1 aliphatic heterocycles. The number of carbonyl (C=O) groups is 1. The standard InChI is InChI=1S/C26H23ClN6O3S/c27-18-10-8-16(24-28-19-6-2-3-7-20(19)29-24)14-21(18)30-26(37)31-25(34)17-9-11-22(23(15-17)33(35)36)32-12-4-1-5-13-32/h2-3,6-11,14-15H,1,4-5,12-13H2,(H,28,29)(H2,30,31,34,37). The summed E-state index contributed by atoms with van der Waals surface area (Å²) in [5.41, 5.74) is 3.57. The van der Waals surface area contributed by atoms with Gasteiger partial charge in [0, 0.05) is 30.3 Å². The van der Waals surface area contributed by atoms with Crippen molar-refractivity contribution in [3.8, 4) is 11.4 Å². The fraction of sp³-hybridized carbons (Fsp3) is 0.192. The van der Waals surface area contributed by atoms with Crippen LogP contribution in [0.4, 0.5) is 17.1 Å². The molecule has 3 N–H and O–H groups in total. The lowest BCUT2D eigenvalue weighted by atomic mass is 10.1. The number of piperidine rings is 1. The topological polar surface area (TPSA) is 116 Å². The maximum atomic E-state index is 12.9. The normalized spacial score (nSPS) is 13.4. The number of carbonyl (C=O) groups excluding carboxylic acids is 1. The predicted molar refractivity (Wildman–Crippen MR) is 149 cm³/mol. The number of benzene rings is 3. The number of anilines is 2. The molecule has 3 aromatic carbocycles. The van der Waals surface area contributed by atoms with Crippen LogP contribution in [0.15, 0.2) is 60.7 Å². The fourth-order valence-corrected chi connectivity index (χ4v) is 4.77. The van der Waals surface area contributed by atoms with Crippen LogP contribution in [-0.2, 0) is 0 Å². The molecule has 0 aliphatic carbocycles. The molecule has 1 aliphatic rings. The van der Waals surface area contributed by atoms with Gasteiger partial charge in [-0.2, -0.15) is 0 Å². The molecule has 0 unspecified atom stereocenters. The Morgan fingerprint density at radius 2 is 1.86 bits per heavy atom. The SMILES string of the molecule is O=C(NC(=S)Nc1cc(-c2nc3ccccc3[nH]2)ccc1Cl)c1ccc(N2CCCCC2)c([N+](=O)[O-])c1. The molecule has 0 atom stereocenters. The molecule has 188 valence electrons. The van der Waals surface area contributed by atoms with Gasteiger partial charge in [0.25, 0.3) is 11.6 Å². The first-order valence-electron chi connectivity index (χ1n) is 11.8. The van der Waals surface area contributed by atoms with Crippen molar-refractivity contribution in [2.24, 2.45) is 0 Å². The molecule has 1 aromatic heterocycles. The molecule has 2 heterocycles. The molecule has 1 amide bonds. The molecule has 0 bridgehead atoms. The van der Waals surface area contributed by atoms with Crippen LogP contribution in [-0.4, -0.2) is 39.0 Å². The summed E-state index contributed by atoms with van der Waals surface area (Å²) in [6.45, 7) is 1.52. The van der Waals surface area contributed by atoms with E-state index in [0.717, 1.165) is 48.9 Å². The van der Waals surface area contributed by atoms with Crippen molar-refractivity contribution in [2.75, 3.05) is 23.3 Å². The van der Waals surface area contributed by atoms with Gasteiger partial charge >= 0.3 is 0 Å². The lowest BCUT2D eigenvalue weighted by molar-refractivity contribution is -0.384. The van der Waals surface area contributed by atoms with Crippen molar-refractivity contribution in [3.05, 3.63) is 81.4 Å². The second kappa shape index (κ2) is 10.5. The lowest BCUT2D eigenvalue weighted by Gasteiger charge is -2.28. The summed E-state index contributed by atoms with van der Waals surface area (Å²) in [4.78, 5) is 34.0. The van der Waals surface area contributed by atoms with Gasteiger partial charge in [0.2, 0.25) is 0 Å². The smallest absolute Gasteiger partial charge is 0.293 e. The Hall–Kier alpha value is -4.02. The van der Waals surface area contributed by atoms with E-state index in [1.165, 1.54) is 6.07 Å². The van der Waals surface area contributed by atoms with Gasteiger partial charge in [-0.3, -0.25) is 20.2 Å². The summed E-state index contributed by atoms with van der Waals surface area (Å²) in [5, 5.41) is 17.7. The van der Waals surface area contributed by atoms with E-state index in [1.807, 2.05) is 35.2 Å². The number of rotatable bonds is 5. The monoisotopic (exact) mass is 534 g/mol. The van der Waals surface area contributed by atoms with Gasteiger partial charge in [-0.05, 0) is 73.9 Å². The average molecular weight is 535 g/mol. The summed E-state index contributed by atoms with van der Waals surface area (Å²) in [7, 11) is 0. The first-order valence-corrected chi connectivity index (χ1v) is 12.6. The molecule has 1 saturated heterocycles. The molecular weight excluding hydrogens is 512 g/mol. The van der Waals surface area contributed by atoms with Crippen LogP contribution in [0.3, 0.4) is 0 Å². The third-order valence-corrected chi connectivity index (χ3v) is 6.77. The van der Waals surface area contributed by atoms with Gasteiger partial charge < -0.3 is 15.2 Å². The van der Waals surface area contributed by atoms with Crippen molar-refractivity contribution >= 4 is 62.9 Å². The first kappa shape index (κ1) is 24.7. The number of amides is 1. The van der Waals surface area contributed by atoms with Crippen molar-refractivity contribution in [3.63, 3.8) is 0 Å². The van der Waals surface area contributed by atoms with E-state index in [-0.39, 0.29) is 16.4 Å². The number of para-hydroxylation sites is 2. The number of imidazole rings is 1. The molecule has 37 heavy (non-hydrogen) atoms. The Morgan fingerprint density at radius 3 is 2.62 bits per heavy atom. The van der Waals surface area contributed by atoms with Crippen molar-refractivity contribution < 1.29 is 9.72 Å². The number of nitro groups is 1. The van der Waals surface area contributed by atoms with Crippen LogP contribution in [0.25, 0.3) is 22.4 Å². The maximum Gasteiger partial charge on any atom is 0.293 e. The Morgan fingerprint density at radius 1 is 1.08 bits per heavy atom. The number of nitro benzene ring substituents is 1. The van der Waals surface area contributed by atoms with Gasteiger partial charge in [0.05, 0.1) is 26.7 Å². The number of fused-ring (bicyclic) bond motifs is 1. The summed E-state index contributed by atoms with van der Waals surface area (Å²) < 4.78 is 0. The Balaban J connectivity index is 1.31. The number of nitrogens with zero attached hydrogens (tertiary/aromatic N) is 3. The number of thiocarbonyl (C=S) groups is 1. The van der Waals surface area contributed by atoms with E-state index < -0.39 is 10.8 Å². The van der Waals surface area contributed by atoms with E-state index in [2.05, 4.69) is 20.6 Å². The Kier molecular flexibility index (Phi) is 7.02. The number of hydrogen-bond donors (Lipinski definition) is 3. The number of H-pyrrole nitrogens is 1. The zero-order valence-corrected chi connectivity index (χ0v) is 21.2. The Bertz CT molecular complexity index is 1480. The highest BCUT2D eigenvalue weighted by Gasteiger charge is 2.23. The van der Waals surface area contributed by atoms with Crippen molar-refractivity contribution in [1.82, 2.24) is 15.3 Å². The second-order valence-corrected chi connectivity index (χ2v) is 9.53. The van der Waals surface area contributed by atoms with E-state index in [4.69, 9.17) is 23.8 Å². The van der Waals surface area contributed by atoms with Crippen LogP contribution < -0.4 is 15.5 Å². The third-order valence-electron chi connectivity index (χ3n) is 6.24. The van der Waals surface area contributed by atoms with E-state index >= 15 is 0 Å². The number of hydrogen-bond acceptors (Lipinski definition) is 6. The second-order valence-electron chi connectivity index (χ2n) is 8.71. The number of aromatic amines is 1. The molecular formula is C26H23ClN6O3S. The highest BCUT2D eigenvalue weighted by atomic mass is 35.5. The van der Waals surface area contributed by atoms with Crippen LogP contribution in [0.2, 0.25) is 5.02 Å². The third kappa shape index (κ3) is 5.40. The van der Waals surface area contributed by atoms with Gasteiger partial charge in [-0.1, -0.05) is 23.7 Å². The first-order chi connectivity index (χ1) is 17.9. The molecule has 0 radical (unpaired) electrons. The fourth-order valence-electron chi connectivity index (χ4n) is 4.40. The Labute approximate surface area is 223 Å². The van der Waals surface area contributed by atoms with Crippen molar-refractivity contribution in [1.29, 1.82) is 0 Å². The van der Waals surface area contributed by atoms with Crippen LogP contribution in [0.1, 0.15) is 29.6 Å².